The number of nitrogens with two attached hydrogens (primary N) is 1. The lowest BCUT2D eigenvalue weighted by atomic mass is 9.90. The van der Waals surface area contributed by atoms with Crippen molar-refractivity contribution in [1.82, 2.24) is 4.98 Å². The Labute approximate surface area is 111 Å². The number of pyridine rings is 1. The molecule has 2 heterocycles. The van der Waals surface area contributed by atoms with E-state index in [-0.39, 0.29) is 5.92 Å². The van der Waals surface area contributed by atoms with Gasteiger partial charge in [-0.15, -0.1) is 0 Å². The van der Waals surface area contributed by atoms with Gasteiger partial charge in [0.15, 0.2) is 0 Å². The summed E-state index contributed by atoms with van der Waals surface area (Å²) in [5.41, 5.74) is 8.54. The molecule has 1 aromatic heterocycles. The van der Waals surface area contributed by atoms with Crippen molar-refractivity contribution in [1.29, 1.82) is 0 Å². The van der Waals surface area contributed by atoms with Gasteiger partial charge in [0.1, 0.15) is 11.6 Å². The van der Waals surface area contributed by atoms with E-state index in [1.165, 1.54) is 0 Å². The zero-order chi connectivity index (χ0) is 13.4. The van der Waals surface area contributed by atoms with Gasteiger partial charge in [0, 0.05) is 17.3 Å². The number of aliphatic hydroxyl groups excluding tert-OH is 1. The van der Waals surface area contributed by atoms with Gasteiger partial charge < -0.3 is 15.6 Å². The molecule has 3 rings (SSSR count). The molecule has 1 aromatic carbocycles. The van der Waals surface area contributed by atoms with Crippen LogP contribution in [0.15, 0.2) is 36.5 Å². The molecule has 1 aliphatic rings. The normalized spacial score (nSPS) is 18.7. The van der Waals surface area contributed by atoms with Crippen LogP contribution < -0.4 is 10.5 Å². The van der Waals surface area contributed by atoms with Crippen LogP contribution in [0.4, 0.5) is 5.82 Å². The lowest BCUT2D eigenvalue weighted by molar-refractivity contribution is 0.130. The fraction of sp³-hybridized carbons (Fsp3) is 0.267. The number of ether oxygens (including phenoxy) is 1. The molecule has 0 saturated carbocycles. The molecule has 19 heavy (non-hydrogen) atoms. The van der Waals surface area contributed by atoms with Crippen LogP contribution in [0.5, 0.6) is 5.75 Å². The van der Waals surface area contributed by atoms with Crippen LogP contribution in [0.25, 0.3) is 0 Å². The van der Waals surface area contributed by atoms with E-state index in [0.29, 0.717) is 18.0 Å². The zero-order valence-corrected chi connectivity index (χ0v) is 10.7. The van der Waals surface area contributed by atoms with Crippen molar-refractivity contribution in [3.63, 3.8) is 0 Å². The van der Waals surface area contributed by atoms with Crippen molar-refractivity contribution in [2.24, 2.45) is 0 Å². The van der Waals surface area contributed by atoms with Crippen molar-refractivity contribution < 1.29 is 9.84 Å². The molecule has 98 valence electrons. The van der Waals surface area contributed by atoms with E-state index < -0.39 is 6.10 Å². The molecule has 2 aromatic rings. The lowest BCUT2D eigenvalue weighted by Gasteiger charge is -2.19. The summed E-state index contributed by atoms with van der Waals surface area (Å²) in [5.74, 6) is 1.12. The summed E-state index contributed by atoms with van der Waals surface area (Å²) < 4.78 is 5.60. The zero-order valence-electron chi connectivity index (χ0n) is 10.7. The van der Waals surface area contributed by atoms with Gasteiger partial charge in [-0.1, -0.05) is 18.2 Å². The highest BCUT2D eigenvalue weighted by Gasteiger charge is 2.32. The fourth-order valence-electron chi connectivity index (χ4n) is 2.50. The predicted octanol–water partition coefficient (Wildman–Crippen LogP) is 2.18. The van der Waals surface area contributed by atoms with Gasteiger partial charge in [0.05, 0.1) is 18.6 Å². The first kappa shape index (κ1) is 12.0. The molecule has 2 unspecified atom stereocenters. The van der Waals surface area contributed by atoms with Crippen LogP contribution in [-0.4, -0.2) is 16.7 Å². The summed E-state index contributed by atoms with van der Waals surface area (Å²) in [7, 11) is 0. The molecule has 0 bridgehead atoms. The molecule has 0 saturated heterocycles. The monoisotopic (exact) mass is 256 g/mol. The second kappa shape index (κ2) is 4.55. The molecule has 0 fully saturated rings. The number of rotatable bonds is 2. The summed E-state index contributed by atoms with van der Waals surface area (Å²) in [6.45, 7) is 2.40. The van der Waals surface area contributed by atoms with Crippen molar-refractivity contribution in [2.75, 3.05) is 12.3 Å². The molecule has 3 N–H and O–H groups in total. The molecule has 0 radical (unpaired) electrons. The van der Waals surface area contributed by atoms with Crippen molar-refractivity contribution in [2.45, 2.75) is 18.9 Å². The van der Waals surface area contributed by atoms with Crippen LogP contribution in [0, 0.1) is 6.92 Å². The first-order chi connectivity index (χ1) is 9.16. The Bertz CT molecular complexity index is 613. The van der Waals surface area contributed by atoms with Crippen LogP contribution in [0.1, 0.15) is 28.7 Å². The molecule has 0 aliphatic carbocycles. The molecule has 0 amide bonds. The van der Waals surface area contributed by atoms with Crippen LogP contribution in [0.3, 0.4) is 0 Å². The van der Waals surface area contributed by atoms with Crippen LogP contribution in [0.2, 0.25) is 0 Å². The summed E-state index contributed by atoms with van der Waals surface area (Å²) in [6, 6.07) is 9.66. The first-order valence-electron chi connectivity index (χ1n) is 6.28. The Balaban J connectivity index is 1.97. The third-order valence-electron chi connectivity index (χ3n) is 3.52. The Morgan fingerprint density at radius 1 is 1.42 bits per heavy atom. The number of aryl methyl sites for hydroxylation is 1. The second-order valence-corrected chi connectivity index (χ2v) is 4.89. The van der Waals surface area contributed by atoms with Crippen molar-refractivity contribution in [3.05, 3.63) is 53.2 Å². The topological polar surface area (TPSA) is 68.4 Å². The Morgan fingerprint density at radius 3 is 3.05 bits per heavy atom. The minimum Gasteiger partial charge on any atom is -0.493 e. The van der Waals surface area contributed by atoms with Gasteiger partial charge in [-0.3, -0.25) is 0 Å². The molecular weight excluding hydrogens is 240 g/mol. The lowest BCUT2D eigenvalue weighted by Crippen LogP contribution is -2.14. The maximum absolute atomic E-state index is 10.6. The number of fused-ring (bicyclic) bond motifs is 1. The highest BCUT2D eigenvalue weighted by atomic mass is 16.5. The van der Waals surface area contributed by atoms with E-state index in [2.05, 4.69) is 4.98 Å². The smallest absolute Gasteiger partial charge is 0.129 e. The second-order valence-electron chi connectivity index (χ2n) is 4.89. The highest BCUT2D eigenvalue weighted by Crippen LogP contribution is 2.42. The Hall–Kier alpha value is -2.07. The molecule has 0 spiro atoms. The summed E-state index contributed by atoms with van der Waals surface area (Å²) in [6.07, 6.45) is 1.00. The maximum Gasteiger partial charge on any atom is 0.129 e. The van der Waals surface area contributed by atoms with Crippen LogP contribution >= 0.6 is 0 Å². The molecule has 4 heteroatoms. The SMILES string of the molecule is Cc1cnc(N)c(C(O)C2COc3ccccc32)c1. The number of hydrogen-bond acceptors (Lipinski definition) is 4. The number of aliphatic hydroxyl groups is 1. The van der Waals surface area contributed by atoms with E-state index in [0.717, 1.165) is 16.9 Å². The summed E-state index contributed by atoms with van der Waals surface area (Å²) in [4.78, 5) is 4.10. The fourth-order valence-corrected chi connectivity index (χ4v) is 2.50. The van der Waals surface area contributed by atoms with Gasteiger partial charge in [-0.25, -0.2) is 4.98 Å². The minimum absolute atomic E-state index is 0.0953. The van der Waals surface area contributed by atoms with Crippen molar-refractivity contribution in [3.8, 4) is 5.75 Å². The molecule has 2 atom stereocenters. The van der Waals surface area contributed by atoms with Crippen LogP contribution in [-0.2, 0) is 0 Å². The van der Waals surface area contributed by atoms with E-state index in [4.69, 9.17) is 10.5 Å². The van der Waals surface area contributed by atoms with E-state index in [1.54, 1.807) is 6.20 Å². The number of hydrogen-bond donors (Lipinski definition) is 2. The minimum atomic E-state index is -0.698. The Morgan fingerprint density at radius 2 is 2.21 bits per heavy atom. The van der Waals surface area contributed by atoms with Gasteiger partial charge >= 0.3 is 0 Å². The highest BCUT2D eigenvalue weighted by molar-refractivity contribution is 5.47. The average molecular weight is 256 g/mol. The maximum atomic E-state index is 10.6. The van der Waals surface area contributed by atoms with Gasteiger partial charge in [-0.2, -0.15) is 0 Å². The number of aromatic nitrogens is 1. The van der Waals surface area contributed by atoms with Crippen molar-refractivity contribution >= 4 is 5.82 Å². The number of benzene rings is 1. The summed E-state index contributed by atoms with van der Waals surface area (Å²) in [5, 5.41) is 10.6. The molecular formula is C15H16N2O2. The number of para-hydroxylation sites is 1. The molecule has 4 nitrogen and oxygen atoms in total. The van der Waals surface area contributed by atoms with Gasteiger partial charge in [-0.05, 0) is 24.6 Å². The quantitative estimate of drug-likeness (QED) is 0.864. The number of nitrogens with zero attached hydrogens (tertiary/aromatic N) is 1. The Kier molecular flexibility index (Phi) is 2.87. The van der Waals surface area contributed by atoms with E-state index in [1.807, 2.05) is 37.3 Å². The molecule has 1 aliphatic heterocycles. The van der Waals surface area contributed by atoms with Gasteiger partial charge in [0.25, 0.3) is 0 Å². The third-order valence-corrected chi connectivity index (χ3v) is 3.52. The largest absolute Gasteiger partial charge is 0.493 e. The third kappa shape index (κ3) is 2.04. The predicted molar refractivity (Wildman–Crippen MR) is 73.0 cm³/mol. The average Bonchev–Trinajstić information content (AvgIpc) is 2.84. The van der Waals surface area contributed by atoms with E-state index >= 15 is 0 Å². The van der Waals surface area contributed by atoms with E-state index in [9.17, 15) is 5.11 Å². The first-order valence-corrected chi connectivity index (χ1v) is 6.28. The number of nitrogen functional groups attached to an aromatic ring is 1. The summed E-state index contributed by atoms with van der Waals surface area (Å²) >= 11 is 0. The number of anilines is 1. The van der Waals surface area contributed by atoms with Gasteiger partial charge in [0.2, 0.25) is 0 Å². The standard InChI is InChI=1S/C15H16N2O2/c1-9-6-11(15(16)17-7-9)14(18)12-8-19-13-5-3-2-4-10(12)13/h2-7,12,14,18H,8H2,1H3,(H2,16,17).